The Morgan fingerprint density at radius 1 is 1.70 bits per heavy atom. The minimum Gasteiger partial charge on any atom is -0.293 e. The Morgan fingerprint density at radius 2 is 2.40 bits per heavy atom. The number of Topliss-reactive ketones (excluding diaryl/α,β-unsaturated/α-hetero) is 1. The Hall–Kier alpha value is -0.340. The van der Waals surface area contributed by atoms with Gasteiger partial charge in [0.15, 0.2) is 5.78 Å². The van der Waals surface area contributed by atoms with Gasteiger partial charge in [0.05, 0.1) is 5.88 Å². The predicted octanol–water partition coefficient (Wildman–Crippen LogP) is 2.48. The minimum atomic E-state index is 0.0143. The van der Waals surface area contributed by atoms with Crippen LogP contribution in [-0.4, -0.2) is 11.7 Å². The number of rotatable bonds is 2. The molecule has 0 radical (unpaired) electrons. The molecule has 3 heteroatoms. The molecular weight excluding hydrogens is 168 g/mol. The molecule has 0 saturated carbocycles. The summed E-state index contributed by atoms with van der Waals surface area (Å²) in [5.41, 5.74) is 1.79. The Morgan fingerprint density at radius 3 is 2.80 bits per heavy atom. The fourth-order valence-corrected chi connectivity index (χ4v) is 1.71. The van der Waals surface area contributed by atoms with Crippen molar-refractivity contribution >= 4 is 28.7 Å². The van der Waals surface area contributed by atoms with Gasteiger partial charge < -0.3 is 0 Å². The van der Waals surface area contributed by atoms with Crippen LogP contribution in [0.4, 0.5) is 0 Å². The summed E-state index contributed by atoms with van der Waals surface area (Å²) in [7, 11) is 0. The normalized spacial score (nSPS) is 9.80. The molecule has 1 aromatic heterocycles. The van der Waals surface area contributed by atoms with E-state index < -0.39 is 0 Å². The van der Waals surface area contributed by atoms with Gasteiger partial charge in [-0.15, -0.1) is 11.6 Å². The number of alkyl halides is 1. The van der Waals surface area contributed by atoms with Crippen LogP contribution >= 0.6 is 22.9 Å². The third-order valence-corrected chi connectivity index (χ3v) is 2.38. The molecule has 0 aromatic carbocycles. The third kappa shape index (κ3) is 1.39. The van der Waals surface area contributed by atoms with Crippen LogP contribution in [0.3, 0.4) is 0 Å². The molecule has 0 spiro atoms. The Kier molecular flexibility index (Phi) is 2.46. The van der Waals surface area contributed by atoms with Crippen LogP contribution in [0.1, 0.15) is 15.9 Å². The lowest BCUT2D eigenvalue weighted by atomic mass is 10.2. The van der Waals surface area contributed by atoms with Gasteiger partial charge in [0.2, 0.25) is 0 Å². The number of hydrogen-bond acceptors (Lipinski definition) is 2. The lowest BCUT2D eigenvalue weighted by molar-refractivity contribution is 0.102. The first-order chi connectivity index (χ1) is 4.75. The summed E-state index contributed by atoms with van der Waals surface area (Å²) in [6.07, 6.45) is 0. The van der Waals surface area contributed by atoms with Crippen LogP contribution in [-0.2, 0) is 0 Å². The van der Waals surface area contributed by atoms with E-state index in [-0.39, 0.29) is 11.7 Å². The predicted molar refractivity (Wildman–Crippen MR) is 44.1 cm³/mol. The molecule has 1 heterocycles. The van der Waals surface area contributed by atoms with Gasteiger partial charge in [-0.1, -0.05) is 0 Å². The summed E-state index contributed by atoms with van der Waals surface area (Å²) in [4.78, 5) is 11.0. The number of carbonyl (C=O) groups is 1. The second kappa shape index (κ2) is 3.17. The summed E-state index contributed by atoms with van der Waals surface area (Å²) in [6, 6.07) is 0. The van der Waals surface area contributed by atoms with Crippen LogP contribution in [0, 0.1) is 6.92 Å². The molecule has 0 unspecified atom stereocenters. The van der Waals surface area contributed by atoms with E-state index in [1.807, 2.05) is 17.7 Å². The highest BCUT2D eigenvalue weighted by atomic mass is 35.5. The van der Waals surface area contributed by atoms with Gasteiger partial charge in [-0.3, -0.25) is 4.79 Å². The monoisotopic (exact) mass is 174 g/mol. The van der Waals surface area contributed by atoms with Gasteiger partial charge in [-0.05, 0) is 17.9 Å². The van der Waals surface area contributed by atoms with Gasteiger partial charge in [0.1, 0.15) is 0 Å². The molecule has 1 rings (SSSR count). The summed E-state index contributed by atoms with van der Waals surface area (Å²) in [5.74, 6) is 0.0952. The third-order valence-electron chi connectivity index (χ3n) is 1.28. The van der Waals surface area contributed by atoms with Crippen molar-refractivity contribution in [2.24, 2.45) is 0 Å². The quantitative estimate of drug-likeness (QED) is 0.497. The molecule has 1 nitrogen and oxygen atoms in total. The highest BCUT2D eigenvalue weighted by Crippen LogP contribution is 2.14. The largest absolute Gasteiger partial charge is 0.293 e. The number of hydrogen-bond donors (Lipinski definition) is 0. The molecule has 0 atom stereocenters. The standard InChI is InChI=1S/C7H7ClOS/c1-5-3-10-4-6(5)7(9)2-8/h3-4H,2H2,1H3. The Labute approximate surface area is 68.6 Å². The first-order valence-corrected chi connectivity index (χ1v) is 4.35. The first kappa shape index (κ1) is 7.76. The van der Waals surface area contributed by atoms with Gasteiger partial charge in [0, 0.05) is 10.9 Å². The zero-order valence-electron chi connectivity index (χ0n) is 5.56. The topological polar surface area (TPSA) is 17.1 Å². The molecule has 0 amide bonds. The highest BCUT2D eigenvalue weighted by Gasteiger charge is 2.06. The minimum absolute atomic E-state index is 0.0143. The second-order valence-corrected chi connectivity index (χ2v) is 3.04. The second-order valence-electron chi connectivity index (χ2n) is 2.03. The first-order valence-electron chi connectivity index (χ1n) is 2.87. The zero-order valence-corrected chi connectivity index (χ0v) is 7.13. The molecule has 0 bridgehead atoms. The van der Waals surface area contributed by atoms with Crippen LogP contribution in [0.2, 0.25) is 0 Å². The highest BCUT2D eigenvalue weighted by molar-refractivity contribution is 7.08. The van der Waals surface area contributed by atoms with Crippen molar-refractivity contribution in [3.05, 3.63) is 21.9 Å². The Bertz CT molecular complexity index is 242. The summed E-state index contributed by atoms with van der Waals surface area (Å²) >= 11 is 6.90. The molecule has 0 fully saturated rings. The van der Waals surface area contributed by atoms with E-state index in [9.17, 15) is 4.79 Å². The van der Waals surface area contributed by atoms with E-state index in [0.29, 0.717) is 0 Å². The maximum absolute atomic E-state index is 11.0. The average Bonchev–Trinajstić information content (AvgIpc) is 2.34. The van der Waals surface area contributed by atoms with Crippen molar-refractivity contribution in [1.82, 2.24) is 0 Å². The van der Waals surface area contributed by atoms with Crippen LogP contribution in [0.5, 0.6) is 0 Å². The summed E-state index contributed by atoms with van der Waals surface area (Å²) < 4.78 is 0. The van der Waals surface area contributed by atoms with Gasteiger partial charge in [-0.2, -0.15) is 11.3 Å². The molecule has 0 aliphatic carbocycles. The number of ketones is 1. The number of aryl methyl sites for hydroxylation is 1. The number of carbonyl (C=O) groups excluding carboxylic acids is 1. The SMILES string of the molecule is Cc1cscc1C(=O)CCl. The maximum atomic E-state index is 11.0. The molecular formula is C7H7ClOS. The smallest absolute Gasteiger partial charge is 0.178 e. The number of halogens is 1. The lowest BCUT2D eigenvalue weighted by Crippen LogP contribution is -1.99. The van der Waals surface area contributed by atoms with Crippen molar-refractivity contribution in [3.8, 4) is 0 Å². The molecule has 54 valence electrons. The maximum Gasteiger partial charge on any atom is 0.178 e. The van der Waals surface area contributed by atoms with Gasteiger partial charge in [0.25, 0.3) is 0 Å². The molecule has 0 aliphatic rings. The van der Waals surface area contributed by atoms with Crippen molar-refractivity contribution in [1.29, 1.82) is 0 Å². The summed E-state index contributed by atoms with van der Waals surface area (Å²) in [6.45, 7) is 1.91. The molecule has 0 N–H and O–H groups in total. The van der Waals surface area contributed by atoms with E-state index in [1.54, 1.807) is 0 Å². The number of thiophene rings is 1. The van der Waals surface area contributed by atoms with E-state index >= 15 is 0 Å². The van der Waals surface area contributed by atoms with Crippen molar-refractivity contribution in [2.75, 3.05) is 5.88 Å². The van der Waals surface area contributed by atoms with Crippen molar-refractivity contribution in [2.45, 2.75) is 6.92 Å². The fourth-order valence-electron chi connectivity index (χ4n) is 0.718. The fraction of sp³-hybridized carbons (Fsp3) is 0.286. The van der Waals surface area contributed by atoms with Crippen LogP contribution in [0.15, 0.2) is 10.8 Å². The molecule has 1 aromatic rings. The lowest BCUT2D eigenvalue weighted by Gasteiger charge is -1.91. The van der Waals surface area contributed by atoms with Crippen molar-refractivity contribution in [3.63, 3.8) is 0 Å². The summed E-state index contributed by atoms with van der Waals surface area (Å²) in [5, 5.41) is 3.78. The zero-order chi connectivity index (χ0) is 7.56. The van der Waals surface area contributed by atoms with Crippen molar-refractivity contribution < 1.29 is 4.79 Å². The van der Waals surface area contributed by atoms with E-state index in [2.05, 4.69) is 0 Å². The van der Waals surface area contributed by atoms with E-state index in [0.717, 1.165) is 11.1 Å². The van der Waals surface area contributed by atoms with Crippen LogP contribution in [0.25, 0.3) is 0 Å². The Balaban J connectivity index is 2.93. The molecule has 0 saturated heterocycles. The van der Waals surface area contributed by atoms with Gasteiger partial charge >= 0.3 is 0 Å². The van der Waals surface area contributed by atoms with E-state index in [4.69, 9.17) is 11.6 Å². The average molecular weight is 175 g/mol. The molecule has 10 heavy (non-hydrogen) atoms. The van der Waals surface area contributed by atoms with Crippen LogP contribution < -0.4 is 0 Å². The van der Waals surface area contributed by atoms with Gasteiger partial charge in [-0.25, -0.2) is 0 Å². The van der Waals surface area contributed by atoms with E-state index in [1.165, 1.54) is 11.3 Å². The molecule has 0 aliphatic heterocycles.